The standard InChI is InChI=1S/C17H19Cl2N3O2/c18-14-4-1-5-15(19)17(14)20-16(23)12-22-8-6-21(7-9-22)11-13-3-2-10-24-13/h1-5,10H,6-9,11-12H2,(H,20,23). The van der Waals surface area contributed by atoms with Gasteiger partial charge in [0.05, 0.1) is 35.1 Å². The average molecular weight is 368 g/mol. The molecule has 128 valence electrons. The average Bonchev–Trinajstić information content (AvgIpc) is 3.06. The molecule has 1 saturated heterocycles. The van der Waals surface area contributed by atoms with E-state index in [0.29, 0.717) is 22.3 Å². The summed E-state index contributed by atoms with van der Waals surface area (Å²) in [7, 11) is 0. The lowest BCUT2D eigenvalue weighted by molar-refractivity contribution is -0.117. The predicted molar refractivity (Wildman–Crippen MR) is 95.5 cm³/mol. The molecule has 1 amide bonds. The van der Waals surface area contributed by atoms with Gasteiger partial charge in [0.15, 0.2) is 0 Å². The molecule has 2 heterocycles. The van der Waals surface area contributed by atoms with Crippen LogP contribution >= 0.6 is 23.2 Å². The Morgan fingerprint density at radius 2 is 1.71 bits per heavy atom. The van der Waals surface area contributed by atoms with Crippen LogP contribution in [0.1, 0.15) is 5.76 Å². The van der Waals surface area contributed by atoms with Crippen LogP contribution in [-0.2, 0) is 11.3 Å². The maximum absolute atomic E-state index is 12.2. The first-order chi connectivity index (χ1) is 11.6. The highest BCUT2D eigenvalue weighted by atomic mass is 35.5. The van der Waals surface area contributed by atoms with Crippen molar-refractivity contribution in [2.24, 2.45) is 0 Å². The molecule has 1 aromatic heterocycles. The zero-order valence-corrected chi connectivity index (χ0v) is 14.7. The minimum atomic E-state index is -0.107. The van der Waals surface area contributed by atoms with E-state index in [1.54, 1.807) is 24.5 Å². The number of halogens is 2. The lowest BCUT2D eigenvalue weighted by atomic mass is 10.2. The van der Waals surface area contributed by atoms with Gasteiger partial charge in [-0.25, -0.2) is 0 Å². The third-order valence-electron chi connectivity index (χ3n) is 4.02. The van der Waals surface area contributed by atoms with Gasteiger partial charge in [-0.1, -0.05) is 29.3 Å². The molecule has 0 spiro atoms. The Morgan fingerprint density at radius 1 is 1.04 bits per heavy atom. The van der Waals surface area contributed by atoms with E-state index in [1.165, 1.54) is 0 Å². The van der Waals surface area contributed by atoms with Crippen LogP contribution in [0, 0.1) is 0 Å². The van der Waals surface area contributed by atoms with E-state index in [9.17, 15) is 4.79 Å². The Hall–Kier alpha value is -1.53. The number of amides is 1. The van der Waals surface area contributed by atoms with Gasteiger partial charge in [0.25, 0.3) is 0 Å². The van der Waals surface area contributed by atoms with Crippen LogP contribution in [0.4, 0.5) is 5.69 Å². The molecule has 3 rings (SSSR count). The van der Waals surface area contributed by atoms with Gasteiger partial charge in [-0.05, 0) is 24.3 Å². The highest BCUT2D eigenvalue weighted by Gasteiger charge is 2.20. The van der Waals surface area contributed by atoms with Gasteiger partial charge in [-0.3, -0.25) is 14.6 Å². The lowest BCUT2D eigenvalue weighted by Crippen LogP contribution is -2.48. The van der Waals surface area contributed by atoms with E-state index in [2.05, 4.69) is 15.1 Å². The Labute approximate surface area is 151 Å². The molecular weight excluding hydrogens is 349 g/mol. The van der Waals surface area contributed by atoms with E-state index in [-0.39, 0.29) is 5.91 Å². The molecule has 7 heteroatoms. The number of furan rings is 1. The topological polar surface area (TPSA) is 48.7 Å². The van der Waals surface area contributed by atoms with Crippen molar-refractivity contribution in [3.05, 3.63) is 52.4 Å². The summed E-state index contributed by atoms with van der Waals surface area (Å²) < 4.78 is 5.37. The molecule has 1 N–H and O–H groups in total. The SMILES string of the molecule is O=C(CN1CCN(Cc2ccco2)CC1)Nc1c(Cl)cccc1Cl. The van der Waals surface area contributed by atoms with Crippen molar-refractivity contribution in [3.63, 3.8) is 0 Å². The molecule has 0 aliphatic carbocycles. The number of nitrogens with zero attached hydrogens (tertiary/aromatic N) is 2. The zero-order valence-electron chi connectivity index (χ0n) is 13.2. The fraction of sp³-hybridized carbons (Fsp3) is 0.353. The first kappa shape index (κ1) is 17.3. The molecule has 1 aromatic carbocycles. The highest BCUT2D eigenvalue weighted by Crippen LogP contribution is 2.29. The van der Waals surface area contributed by atoms with Gasteiger partial charge >= 0.3 is 0 Å². The number of hydrogen-bond donors (Lipinski definition) is 1. The highest BCUT2D eigenvalue weighted by molar-refractivity contribution is 6.39. The van der Waals surface area contributed by atoms with Crippen LogP contribution in [0.3, 0.4) is 0 Å². The van der Waals surface area contributed by atoms with Gasteiger partial charge in [0.2, 0.25) is 5.91 Å². The van der Waals surface area contributed by atoms with Crippen LogP contribution in [-0.4, -0.2) is 48.4 Å². The second-order valence-electron chi connectivity index (χ2n) is 5.78. The van der Waals surface area contributed by atoms with Crippen LogP contribution in [0.15, 0.2) is 41.0 Å². The molecule has 0 bridgehead atoms. The monoisotopic (exact) mass is 367 g/mol. The van der Waals surface area contributed by atoms with Crippen LogP contribution in [0.5, 0.6) is 0 Å². The molecule has 2 aromatic rings. The van der Waals surface area contributed by atoms with Crippen molar-refractivity contribution in [1.29, 1.82) is 0 Å². The van der Waals surface area contributed by atoms with Crippen molar-refractivity contribution < 1.29 is 9.21 Å². The first-order valence-corrected chi connectivity index (χ1v) is 8.58. The third-order valence-corrected chi connectivity index (χ3v) is 4.65. The smallest absolute Gasteiger partial charge is 0.238 e. The number of anilines is 1. The largest absolute Gasteiger partial charge is 0.468 e. The second kappa shape index (κ2) is 8.03. The quantitative estimate of drug-likeness (QED) is 0.880. The number of piperazine rings is 1. The number of carbonyl (C=O) groups is 1. The summed E-state index contributed by atoms with van der Waals surface area (Å²) in [6.45, 7) is 4.62. The third kappa shape index (κ3) is 4.51. The Kier molecular flexibility index (Phi) is 5.79. The molecule has 0 atom stereocenters. The summed E-state index contributed by atoms with van der Waals surface area (Å²) in [4.78, 5) is 16.7. The Morgan fingerprint density at radius 3 is 2.33 bits per heavy atom. The van der Waals surface area contributed by atoms with Crippen molar-refractivity contribution in [3.8, 4) is 0 Å². The summed E-state index contributed by atoms with van der Waals surface area (Å²) in [5.74, 6) is 0.860. The fourth-order valence-corrected chi connectivity index (χ4v) is 3.22. The molecule has 1 aliphatic heterocycles. The first-order valence-electron chi connectivity index (χ1n) is 7.83. The van der Waals surface area contributed by atoms with Crippen molar-refractivity contribution in [1.82, 2.24) is 9.80 Å². The van der Waals surface area contributed by atoms with Crippen molar-refractivity contribution >= 4 is 34.8 Å². The van der Waals surface area contributed by atoms with E-state index in [1.807, 2.05) is 12.1 Å². The normalized spacial score (nSPS) is 16.2. The Balaban J connectivity index is 1.46. The van der Waals surface area contributed by atoms with Crippen LogP contribution in [0.2, 0.25) is 10.0 Å². The van der Waals surface area contributed by atoms with Crippen molar-refractivity contribution in [2.75, 3.05) is 38.0 Å². The van der Waals surface area contributed by atoms with Gasteiger partial charge in [-0.2, -0.15) is 0 Å². The van der Waals surface area contributed by atoms with Gasteiger partial charge in [0.1, 0.15) is 5.76 Å². The summed E-state index contributed by atoms with van der Waals surface area (Å²) in [6.07, 6.45) is 1.69. The molecule has 5 nitrogen and oxygen atoms in total. The molecule has 0 unspecified atom stereocenters. The maximum atomic E-state index is 12.2. The number of para-hydroxylation sites is 1. The minimum absolute atomic E-state index is 0.107. The van der Waals surface area contributed by atoms with E-state index < -0.39 is 0 Å². The number of nitrogens with one attached hydrogen (secondary N) is 1. The second-order valence-corrected chi connectivity index (χ2v) is 6.59. The van der Waals surface area contributed by atoms with Gasteiger partial charge < -0.3 is 9.73 Å². The number of rotatable bonds is 5. The zero-order chi connectivity index (χ0) is 16.9. The summed E-state index contributed by atoms with van der Waals surface area (Å²) in [6, 6.07) is 9.04. The Bertz CT molecular complexity index is 663. The number of hydrogen-bond acceptors (Lipinski definition) is 4. The van der Waals surface area contributed by atoms with E-state index >= 15 is 0 Å². The number of benzene rings is 1. The molecule has 1 aliphatic rings. The molecule has 0 saturated carbocycles. The molecular formula is C17H19Cl2N3O2. The summed E-state index contributed by atoms with van der Waals surface area (Å²) in [5.41, 5.74) is 0.474. The van der Waals surface area contributed by atoms with Crippen LogP contribution < -0.4 is 5.32 Å². The van der Waals surface area contributed by atoms with Crippen LogP contribution in [0.25, 0.3) is 0 Å². The van der Waals surface area contributed by atoms with Crippen molar-refractivity contribution in [2.45, 2.75) is 6.54 Å². The minimum Gasteiger partial charge on any atom is -0.468 e. The number of carbonyl (C=O) groups excluding carboxylic acids is 1. The van der Waals surface area contributed by atoms with E-state index in [4.69, 9.17) is 27.6 Å². The summed E-state index contributed by atoms with van der Waals surface area (Å²) in [5, 5.41) is 3.69. The van der Waals surface area contributed by atoms with Gasteiger partial charge in [0, 0.05) is 26.2 Å². The predicted octanol–water partition coefficient (Wildman–Crippen LogP) is 3.34. The molecule has 24 heavy (non-hydrogen) atoms. The maximum Gasteiger partial charge on any atom is 0.238 e. The molecule has 0 radical (unpaired) electrons. The lowest BCUT2D eigenvalue weighted by Gasteiger charge is -2.33. The fourth-order valence-electron chi connectivity index (χ4n) is 2.73. The van der Waals surface area contributed by atoms with Gasteiger partial charge in [-0.15, -0.1) is 0 Å². The molecule has 1 fully saturated rings. The van der Waals surface area contributed by atoms with E-state index in [0.717, 1.165) is 38.5 Å². The summed E-state index contributed by atoms with van der Waals surface area (Å²) >= 11 is 12.1.